The molecule has 0 radical (unpaired) electrons. The molecule has 2 aromatic heterocycles. The number of hydrogen-bond acceptors (Lipinski definition) is 6. The number of benzene rings is 1. The molecule has 1 N–H and O–H groups in total. The summed E-state index contributed by atoms with van der Waals surface area (Å²) in [5, 5.41) is 3.69. The number of nitrogens with one attached hydrogen (secondary N) is 1. The molecule has 3 aromatic rings. The number of ether oxygens (including phenoxy) is 2. The van der Waals surface area contributed by atoms with Crippen molar-refractivity contribution in [2.24, 2.45) is 0 Å². The highest BCUT2D eigenvalue weighted by Gasteiger charge is 2.28. The summed E-state index contributed by atoms with van der Waals surface area (Å²) >= 11 is 1.48. The van der Waals surface area contributed by atoms with Crippen molar-refractivity contribution < 1.29 is 27.5 Å². The topological polar surface area (TPSA) is 63.9 Å². The van der Waals surface area contributed by atoms with Crippen molar-refractivity contribution in [3.63, 3.8) is 0 Å². The molecule has 0 aliphatic carbocycles. The number of carbonyl (C=O) groups excluding carboxylic acids is 1. The van der Waals surface area contributed by atoms with E-state index in [4.69, 9.17) is 9.15 Å². The fraction of sp³-hybridized carbons (Fsp3) is 0.318. The molecule has 31 heavy (non-hydrogen) atoms. The highest BCUT2D eigenvalue weighted by atomic mass is 32.1. The van der Waals surface area contributed by atoms with Gasteiger partial charge < -0.3 is 19.2 Å². The number of amides is 1. The molecule has 1 amide bonds. The summed E-state index contributed by atoms with van der Waals surface area (Å²) in [6, 6.07) is 11.8. The highest BCUT2D eigenvalue weighted by molar-refractivity contribution is 7.16. The molecule has 1 atom stereocenters. The molecule has 1 aromatic carbocycles. The van der Waals surface area contributed by atoms with Crippen molar-refractivity contribution in [3.8, 4) is 5.75 Å². The lowest BCUT2D eigenvalue weighted by Crippen LogP contribution is -2.39. The van der Waals surface area contributed by atoms with E-state index in [1.807, 2.05) is 13.0 Å². The van der Waals surface area contributed by atoms with Crippen LogP contribution in [0.3, 0.4) is 0 Å². The van der Waals surface area contributed by atoms with Gasteiger partial charge in [0.05, 0.1) is 25.5 Å². The molecular formula is C22H22F2N2O4S. The lowest BCUT2D eigenvalue weighted by atomic mass is 9.97. The molecular weight excluding hydrogens is 426 g/mol. The number of alkyl halides is 2. The number of anilines is 1. The summed E-state index contributed by atoms with van der Waals surface area (Å²) < 4.78 is 40.3. The first-order chi connectivity index (χ1) is 15.0. The summed E-state index contributed by atoms with van der Waals surface area (Å²) in [6.45, 7) is 1.72. The first-order valence-electron chi connectivity index (χ1n) is 9.83. The number of rotatable bonds is 7. The van der Waals surface area contributed by atoms with E-state index in [0.29, 0.717) is 26.3 Å². The zero-order valence-electron chi connectivity index (χ0n) is 16.8. The van der Waals surface area contributed by atoms with Crippen LogP contribution in [0, 0.1) is 6.92 Å². The van der Waals surface area contributed by atoms with Crippen LogP contribution < -0.4 is 10.1 Å². The van der Waals surface area contributed by atoms with Crippen LogP contribution >= 0.6 is 11.3 Å². The maximum atomic E-state index is 12.6. The third kappa shape index (κ3) is 5.12. The van der Waals surface area contributed by atoms with Gasteiger partial charge in [0, 0.05) is 23.5 Å². The summed E-state index contributed by atoms with van der Waals surface area (Å²) in [6.07, 6.45) is 1.45. The van der Waals surface area contributed by atoms with Crippen LogP contribution in [0.1, 0.15) is 32.6 Å². The molecule has 1 saturated heterocycles. The number of carbonyl (C=O) groups is 1. The zero-order chi connectivity index (χ0) is 21.8. The monoisotopic (exact) mass is 448 g/mol. The Morgan fingerprint density at radius 2 is 1.94 bits per heavy atom. The number of hydrogen-bond donors (Lipinski definition) is 1. The highest BCUT2D eigenvalue weighted by Crippen LogP contribution is 2.40. The standard InChI is InChI=1S/C22H22F2N2O4S/c1-14-13-17(21(31-14)25-20(27)18-3-2-10-29-18)19(26-8-11-28-12-9-26)15-4-6-16(7-5-15)30-22(23)24/h2-7,10,13,19,22H,8-9,11-12H2,1H3,(H,25,27)/t19-/m1/s1. The number of aryl methyl sites for hydroxylation is 1. The number of halogens is 2. The first-order valence-corrected chi connectivity index (χ1v) is 10.6. The van der Waals surface area contributed by atoms with E-state index in [1.54, 1.807) is 24.3 Å². The SMILES string of the molecule is Cc1cc([C@@H](c2ccc(OC(F)F)cc2)N2CCOCC2)c(NC(=O)c2ccco2)s1. The Balaban J connectivity index is 1.68. The van der Waals surface area contributed by atoms with Crippen LogP contribution in [0.25, 0.3) is 0 Å². The molecule has 0 saturated carbocycles. The average Bonchev–Trinajstić information content (AvgIpc) is 3.40. The molecule has 1 aliphatic heterocycles. The molecule has 9 heteroatoms. The quantitative estimate of drug-likeness (QED) is 0.556. The minimum Gasteiger partial charge on any atom is -0.459 e. The largest absolute Gasteiger partial charge is 0.459 e. The second-order valence-electron chi connectivity index (χ2n) is 7.07. The van der Waals surface area contributed by atoms with Crippen LogP contribution in [0.15, 0.2) is 53.1 Å². The molecule has 6 nitrogen and oxygen atoms in total. The minimum absolute atomic E-state index is 0.104. The molecule has 4 rings (SSSR count). The van der Waals surface area contributed by atoms with Gasteiger partial charge in [0.25, 0.3) is 5.91 Å². The molecule has 164 valence electrons. The smallest absolute Gasteiger partial charge is 0.387 e. The second kappa shape index (κ2) is 9.59. The van der Waals surface area contributed by atoms with Gasteiger partial charge >= 0.3 is 6.61 Å². The lowest BCUT2D eigenvalue weighted by molar-refractivity contribution is -0.0498. The van der Waals surface area contributed by atoms with Gasteiger partial charge in [-0.15, -0.1) is 11.3 Å². The zero-order valence-corrected chi connectivity index (χ0v) is 17.7. The average molecular weight is 448 g/mol. The number of nitrogens with zero attached hydrogens (tertiary/aromatic N) is 1. The first kappa shape index (κ1) is 21.5. The number of morpholine rings is 1. The third-order valence-electron chi connectivity index (χ3n) is 4.98. The maximum absolute atomic E-state index is 12.6. The van der Waals surface area contributed by atoms with Gasteiger partial charge in [0.1, 0.15) is 10.8 Å². The van der Waals surface area contributed by atoms with E-state index in [1.165, 1.54) is 29.7 Å². The fourth-order valence-corrected chi connectivity index (χ4v) is 4.60. The van der Waals surface area contributed by atoms with Crippen molar-refractivity contribution in [3.05, 3.63) is 70.5 Å². The molecule has 0 bridgehead atoms. The van der Waals surface area contributed by atoms with Gasteiger partial charge in [0.2, 0.25) is 0 Å². The van der Waals surface area contributed by atoms with Crippen LogP contribution in [-0.4, -0.2) is 43.7 Å². The normalized spacial score (nSPS) is 15.7. The summed E-state index contributed by atoms with van der Waals surface area (Å²) in [4.78, 5) is 15.9. The van der Waals surface area contributed by atoms with E-state index in [2.05, 4.69) is 15.0 Å². The Morgan fingerprint density at radius 3 is 2.58 bits per heavy atom. The van der Waals surface area contributed by atoms with Gasteiger partial charge in [-0.1, -0.05) is 12.1 Å². The summed E-state index contributed by atoms with van der Waals surface area (Å²) in [5.41, 5.74) is 1.85. The Hall–Kier alpha value is -2.75. The van der Waals surface area contributed by atoms with E-state index < -0.39 is 6.61 Å². The van der Waals surface area contributed by atoms with Crippen LogP contribution in [0.2, 0.25) is 0 Å². The molecule has 1 aliphatic rings. The Labute approximate surface area is 182 Å². The van der Waals surface area contributed by atoms with E-state index in [9.17, 15) is 13.6 Å². The Morgan fingerprint density at radius 1 is 1.19 bits per heavy atom. The van der Waals surface area contributed by atoms with Crippen molar-refractivity contribution >= 4 is 22.2 Å². The van der Waals surface area contributed by atoms with Crippen LogP contribution in [-0.2, 0) is 4.74 Å². The second-order valence-corrected chi connectivity index (χ2v) is 8.33. The predicted octanol–water partition coefficient (Wildman–Crippen LogP) is 4.92. The molecule has 3 heterocycles. The van der Waals surface area contributed by atoms with Crippen molar-refractivity contribution in [1.29, 1.82) is 0 Å². The van der Waals surface area contributed by atoms with Crippen LogP contribution in [0.4, 0.5) is 13.8 Å². The van der Waals surface area contributed by atoms with E-state index >= 15 is 0 Å². The molecule has 1 fully saturated rings. The maximum Gasteiger partial charge on any atom is 0.387 e. The lowest BCUT2D eigenvalue weighted by Gasteiger charge is -2.35. The van der Waals surface area contributed by atoms with Gasteiger partial charge in [0.15, 0.2) is 5.76 Å². The summed E-state index contributed by atoms with van der Waals surface area (Å²) in [5.74, 6) is 0.00950. The number of thiophene rings is 1. The van der Waals surface area contributed by atoms with Crippen molar-refractivity contribution in [2.45, 2.75) is 19.6 Å². The van der Waals surface area contributed by atoms with Gasteiger partial charge in [-0.2, -0.15) is 8.78 Å². The third-order valence-corrected chi connectivity index (χ3v) is 5.96. The Bertz CT molecular complexity index is 999. The van der Waals surface area contributed by atoms with Gasteiger partial charge in [-0.3, -0.25) is 9.69 Å². The summed E-state index contributed by atoms with van der Waals surface area (Å²) in [7, 11) is 0. The van der Waals surface area contributed by atoms with Gasteiger partial charge in [-0.25, -0.2) is 0 Å². The van der Waals surface area contributed by atoms with E-state index in [0.717, 1.165) is 21.0 Å². The number of furan rings is 1. The molecule has 0 unspecified atom stereocenters. The van der Waals surface area contributed by atoms with Crippen LogP contribution in [0.5, 0.6) is 5.75 Å². The molecule has 0 spiro atoms. The van der Waals surface area contributed by atoms with Crippen molar-refractivity contribution in [2.75, 3.05) is 31.6 Å². The Kier molecular flexibility index (Phi) is 6.64. The van der Waals surface area contributed by atoms with E-state index in [-0.39, 0.29) is 23.5 Å². The van der Waals surface area contributed by atoms with Crippen molar-refractivity contribution in [1.82, 2.24) is 4.90 Å². The fourth-order valence-electron chi connectivity index (χ4n) is 3.66. The predicted molar refractivity (Wildman–Crippen MR) is 113 cm³/mol. The van der Waals surface area contributed by atoms with Gasteiger partial charge in [-0.05, 0) is 42.8 Å². The minimum atomic E-state index is -2.87.